The minimum absolute atomic E-state index is 2.75. The van der Waals surface area contributed by atoms with Crippen LogP contribution in [0.2, 0.25) is 0 Å². The summed E-state index contributed by atoms with van der Waals surface area (Å²) in [5.41, 5.74) is 0. The maximum Gasteiger partial charge on any atom is 0.461 e. The van der Waals surface area contributed by atoms with Gasteiger partial charge in [0.1, 0.15) is 0 Å². The molecule has 0 bridgehead atoms. The molecule has 0 saturated heterocycles. The van der Waals surface area contributed by atoms with Crippen LogP contribution in [0, 0.1) is 0 Å². The average molecular weight is 313 g/mol. The zero-order valence-electron chi connectivity index (χ0n) is 6.44. The maximum absolute atomic E-state index is 11.9. The van der Waals surface area contributed by atoms with Gasteiger partial charge in [0.15, 0.2) is 0 Å². The van der Waals surface area contributed by atoms with Crippen molar-refractivity contribution in [3.8, 4) is 0 Å². The van der Waals surface area contributed by atoms with Crippen LogP contribution in [0.1, 0.15) is 0 Å². The number of halogens is 12. The summed E-state index contributed by atoms with van der Waals surface area (Å²) in [6.07, 6.45) is -7.31. The molecule has 16 heavy (non-hydrogen) atoms. The quantitative estimate of drug-likeness (QED) is 0.603. The molecular formula is C3ClF11S. The van der Waals surface area contributed by atoms with E-state index in [2.05, 4.69) is 10.7 Å². The third-order valence-corrected chi connectivity index (χ3v) is 3.01. The standard InChI is InChI=1S/C3ClF11S/c4-16(12,13,14,15)3(10,11)1(5,6)2(7,8)9. The highest BCUT2D eigenvalue weighted by Crippen LogP contribution is 3.08. The average Bonchev–Trinajstić information content (AvgIpc) is 1.77. The van der Waals surface area contributed by atoms with Crippen molar-refractivity contribution in [1.29, 1.82) is 0 Å². The third-order valence-electron chi connectivity index (χ3n) is 1.21. The third kappa shape index (κ3) is 2.13. The van der Waals surface area contributed by atoms with Crippen molar-refractivity contribution >= 4 is 19.7 Å². The van der Waals surface area contributed by atoms with E-state index in [0.29, 0.717) is 0 Å². The number of hydrogen-bond donors (Lipinski definition) is 0. The Morgan fingerprint density at radius 1 is 0.688 bits per heavy atom. The van der Waals surface area contributed by atoms with Crippen LogP contribution in [0.15, 0.2) is 0 Å². The van der Waals surface area contributed by atoms with Gasteiger partial charge in [0.2, 0.25) is 0 Å². The first-order valence-corrected chi connectivity index (χ1v) is 5.68. The van der Waals surface area contributed by atoms with Crippen LogP contribution in [0.25, 0.3) is 0 Å². The molecule has 13 heteroatoms. The molecule has 0 nitrogen and oxygen atoms in total. The van der Waals surface area contributed by atoms with E-state index in [4.69, 9.17) is 0 Å². The first-order valence-electron chi connectivity index (χ1n) is 2.80. The zero-order valence-corrected chi connectivity index (χ0v) is 8.02. The molecule has 0 N–H and O–H groups in total. The first kappa shape index (κ1) is 15.9. The van der Waals surface area contributed by atoms with Gasteiger partial charge < -0.3 is 0 Å². The second kappa shape index (κ2) is 2.65. The Bertz CT molecular complexity index is 292. The maximum atomic E-state index is 11.9. The fraction of sp³-hybridized carbons (Fsp3) is 1.00. The number of alkyl halides is 7. The molecule has 0 aliphatic carbocycles. The van der Waals surface area contributed by atoms with Gasteiger partial charge in [-0.15, -0.1) is 15.5 Å². The summed E-state index contributed by atoms with van der Waals surface area (Å²) in [6.45, 7) is 0. The van der Waals surface area contributed by atoms with Crippen molar-refractivity contribution in [1.82, 2.24) is 0 Å². The Morgan fingerprint density at radius 2 is 0.938 bits per heavy atom. The van der Waals surface area contributed by atoms with Gasteiger partial charge >= 0.3 is 17.4 Å². The molecule has 102 valence electrons. The predicted octanol–water partition coefficient (Wildman–Crippen LogP) is 5.34. The number of rotatable bonds is 2. The van der Waals surface area contributed by atoms with Crippen LogP contribution in [0.3, 0.4) is 0 Å². The molecule has 0 aromatic heterocycles. The van der Waals surface area contributed by atoms with Crippen LogP contribution < -0.4 is 0 Å². The summed E-state index contributed by atoms with van der Waals surface area (Å²) in [5, 5.41) is -8.05. The molecule has 0 fully saturated rings. The van der Waals surface area contributed by atoms with Crippen molar-refractivity contribution in [2.75, 3.05) is 0 Å². The van der Waals surface area contributed by atoms with Gasteiger partial charge in [0.25, 0.3) is 9.05 Å². The normalized spacial score (nSPS) is 20.2. The second-order valence-electron chi connectivity index (χ2n) is 2.56. The van der Waals surface area contributed by atoms with Crippen molar-refractivity contribution in [2.24, 2.45) is 0 Å². The molecule has 0 amide bonds. The van der Waals surface area contributed by atoms with Gasteiger partial charge in [-0.25, -0.2) is 0 Å². The SMILES string of the molecule is FC(F)(F)C(F)(F)C(F)(F)S(F)(F)(F)(F)Cl. The van der Waals surface area contributed by atoms with Gasteiger partial charge in [0, 0.05) is 10.7 Å². The summed E-state index contributed by atoms with van der Waals surface area (Å²) in [6, 6.07) is 0. The fourth-order valence-electron chi connectivity index (χ4n) is 0.407. The highest BCUT2D eigenvalue weighted by Gasteiger charge is 2.94. The topological polar surface area (TPSA) is 0 Å². The van der Waals surface area contributed by atoms with E-state index in [1.807, 2.05) is 0 Å². The van der Waals surface area contributed by atoms with E-state index in [-0.39, 0.29) is 0 Å². The predicted molar refractivity (Wildman–Crippen MR) is 33.8 cm³/mol. The van der Waals surface area contributed by atoms with E-state index in [0.717, 1.165) is 0 Å². The van der Waals surface area contributed by atoms with E-state index in [9.17, 15) is 46.3 Å². The van der Waals surface area contributed by atoms with E-state index >= 15 is 0 Å². The largest absolute Gasteiger partial charge is 0.461 e. The van der Waals surface area contributed by atoms with Crippen molar-refractivity contribution < 1.29 is 46.3 Å². The molecule has 0 aliphatic rings. The van der Waals surface area contributed by atoms with Crippen LogP contribution >= 0.6 is 19.7 Å². The Kier molecular flexibility index (Phi) is 2.63. The van der Waals surface area contributed by atoms with Gasteiger partial charge in [-0.05, 0) is 0 Å². The van der Waals surface area contributed by atoms with E-state index < -0.39 is 26.4 Å². The van der Waals surface area contributed by atoms with Gasteiger partial charge in [-0.2, -0.15) is 30.7 Å². The highest BCUT2D eigenvalue weighted by molar-refractivity contribution is 8.66. The van der Waals surface area contributed by atoms with Crippen molar-refractivity contribution in [2.45, 2.75) is 17.4 Å². The lowest BCUT2D eigenvalue weighted by molar-refractivity contribution is -0.335. The van der Waals surface area contributed by atoms with Crippen molar-refractivity contribution in [3.63, 3.8) is 0 Å². The fourth-order valence-corrected chi connectivity index (χ4v) is 1.30. The Labute approximate surface area is 84.3 Å². The lowest BCUT2D eigenvalue weighted by Gasteiger charge is -2.50. The molecule has 0 atom stereocenters. The van der Waals surface area contributed by atoms with Crippen LogP contribution in [0.5, 0.6) is 0 Å². The lowest BCUT2D eigenvalue weighted by atomic mass is 10.3. The monoisotopic (exact) mass is 312 g/mol. The van der Waals surface area contributed by atoms with Gasteiger partial charge in [-0.1, -0.05) is 0 Å². The van der Waals surface area contributed by atoms with Crippen LogP contribution in [0.4, 0.5) is 46.3 Å². The highest BCUT2D eigenvalue weighted by atomic mass is 35.7. The molecule has 0 rings (SSSR count). The smallest absolute Gasteiger partial charge is 0.188 e. The molecule has 0 spiro atoms. The van der Waals surface area contributed by atoms with E-state index in [1.165, 1.54) is 0 Å². The summed E-state index contributed by atoms with van der Waals surface area (Å²) >= 11 is 0. The molecule has 0 aromatic rings. The Balaban J connectivity index is 5.96. The van der Waals surface area contributed by atoms with Gasteiger partial charge in [-0.3, -0.25) is 0 Å². The molecule has 0 heterocycles. The number of hydrogen-bond acceptors (Lipinski definition) is 0. The first-order chi connectivity index (χ1) is 6.25. The summed E-state index contributed by atoms with van der Waals surface area (Å²) < 4.78 is 128. The summed E-state index contributed by atoms with van der Waals surface area (Å²) in [7, 11) is -8.63. The molecule has 0 unspecified atom stereocenters. The van der Waals surface area contributed by atoms with Crippen molar-refractivity contribution in [3.05, 3.63) is 0 Å². The minimum Gasteiger partial charge on any atom is -0.188 e. The van der Waals surface area contributed by atoms with Crippen LogP contribution in [-0.4, -0.2) is 17.4 Å². The van der Waals surface area contributed by atoms with Crippen LogP contribution in [-0.2, 0) is 0 Å². The minimum atomic E-state index is -11.4. The summed E-state index contributed by atoms with van der Waals surface area (Å²) in [4.78, 5) is 0. The molecule has 0 aromatic carbocycles. The van der Waals surface area contributed by atoms with E-state index in [1.54, 1.807) is 0 Å². The molecule has 0 aliphatic heterocycles. The molecule has 0 saturated carbocycles. The lowest BCUT2D eigenvalue weighted by Crippen LogP contribution is -2.56. The summed E-state index contributed by atoms with van der Waals surface area (Å²) in [5.74, 6) is -7.67. The second-order valence-corrected chi connectivity index (χ2v) is 6.87. The Hall–Kier alpha value is -0.130. The zero-order chi connectivity index (χ0) is 13.9. The molecular weight excluding hydrogens is 313 g/mol. The Morgan fingerprint density at radius 3 is 1.00 bits per heavy atom. The molecule has 0 radical (unpaired) electrons. The van der Waals surface area contributed by atoms with Gasteiger partial charge in [0.05, 0.1) is 0 Å².